The van der Waals surface area contributed by atoms with E-state index in [2.05, 4.69) is 4.98 Å². The van der Waals surface area contributed by atoms with Crippen molar-refractivity contribution in [2.45, 2.75) is 12.8 Å². The van der Waals surface area contributed by atoms with Crippen LogP contribution in [0.5, 0.6) is 5.75 Å². The Balaban J connectivity index is 3.26. The van der Waals surface area contributed by atoms with Crippen molar-refractivity contribution >= 4 is 0 Å². The van der Waals surface area contributed by atoms with Crippen LogP contribution in [0.15, 0.2) is 6.07 Å². The Morgan fingerprint density at radius 1 is 1.57 bits per heavy atom. The molecule has 1 aromatic rings. The highest BCUT2D eigenvalue weighted by molar-refractivity contribution is 5.38. The minimum Gasteiger partial charge on any atom is -0.505 e. The monoisotopic (exact) mass is 202 g/mol. The van der Waals surface area contributed by atoms with Gasteiger partial charge in [-0.15, -0.1) is 0 Å². The van der Waals surface area contributed by atoms with Gasteiger partial charge >= 0.3 is 0 Å². The zero-order chi connectivity index (χ0) is 10.7. The highest BCUT2D eigenvalue weighted by Crippen LogP contribution is 2.29. The second-order valence-electron chi connectivity index (χ2n) is 2.47. The fraction of sp³-hybridized carbons (Fsp3) is 0.250. The van der Waals surface area contributed by atoms with Crippen molar-refractivity contribution in [3.05, 3.63) is 23.3 Å². The van der Waals surface area contributed by atoms with Crippen molar-refractivity contribution in [1.29, 1.82) is 5.26 Å². The Kier molecular flexibility index (Phi) is 2.92. The number of aromatic nitrogens is 1. The predicted molar refractivity (Wildman–Crippen MR) is 40.1 cm³/mol. The van der Waals surface area contributed by atoms with Crippen molar-refractivity contribution < 1.29 is 18.3 Å². The largest absolute Gasteiger partial charge is 0.505 e. The number of hydrogen-bond acceptors (Lipinski definition) is 3. The maximum absolute atomic E-state index is 12.6. The van der Waals surface area contributed by atoms with Gasteiger partial charge in [0.1, 0.15) is 5.75 Å². The molecule has 3 nitrogen and oxygen atoms in total. The van der Waals surface area contributed by atoms with Crippen LogP contribution < -0.4 is 0 Å². The standard InChI is InChI=1S/C8H5F3N2O/c9-5-3-4(1-2-12)7(14)6(13-5)8(10)11/h3,8,14H,1H2. The van der Waals surface area contributed by atoms with Gasteiger partial charge in [0.05, 0.1) is 12.5 Å². The third-order valence-corrected chi connectivity index (χ3v) is 1.54. The molecule has 0 spiro atoms. The zero-order valence-electron chi connectivity index (χ0n) is 6.84. The Morgan fingerprint density at radius 2 is 2.21 bits per heavy atom. The first-order valence-electron chi connectivity index (χ1n) is 3.59. The normalized spacial score (nSPS) is 10.2. The molecule has 0 aliphatic heterocycles. The van der Waals surface area contributed by atoms with Gasteiger partial charge in [-0.1, -0.05) is 0 Å². The van der Waals surface area contributed by atoms with E-state index in [0.29, 0.717) is 0 Å². The third-order valence-electron chi connectivity index (χ3n) is 1.54. The van der Waals surface area contributed by atoms with Gasteiger partial charge in [-0.2, -0.15) is 9.65 Å². The Hall–Kier alpha value is -1.77. The lowest BCUT2D eigenvalue weighted by molar-refractivity contribution is 0.140. The van der Waals surface area contributed by atoms with Crippen molar-refractivity contribution in [3.63, 3.8) is 0 Å². The molecular weight excluding hydrogens is 197 g/mol. The molecule has 1 rings (SSSR count). The summed E-state index contributed by atoms with van der Waals surface area (Å²) in [5, 5.41) is 17.4. The molecule has 0 saturated carbocycles. The van der Waals surface area contributed by atoms with E-state index in [1.807, 2.05) is 0 Å². The first kappa shape index (κ1) is 10.3. The first-order chi connectivity index (χ1) is 6.56. The molecule has 0 aliphatic carbocycles. The van der Waals surface area contributed by atoms with Gasteiger partial charge in [0.25, 0.3) is 6.43 Å². The fourth-order valence-corrected chi connectivity index (χ4v) is 0.949. The fourth-order valence-electron chi connectivity index (χ4n) is 0.949. The molecule has 0 aliphatic rings. The van der Waals surface area contributed by atoms with Crippen LogP contribution in [0.25, 0.3) is 0 Å². The molecule has 0 aromatic carbocycles. The van der Waals surface area contributed by atoms with E-state index in [1.54, 1.807) is 6.07 Å². The average Bonchev–Trinajstić information content (AvgIpc) is 2.10. The Morgan fingerprint density at radius 3 is 2.71 bits per heavy atom. The molecule has 0 bridgehead atoms. The Labute approximate surface area is 77.4 Å². The summed E-state index contributed by atoms with van der Waals surface area (Å²) >= 11 is 0. The molecule has 0 fully saturated rings. The van der Waals surface area contributed by atoms with Crippen LogP contribution in [0.2, 0.25) is 0 Å². The molecule has 1 heterocycles. The zero-order valence-corrected chi connectivity index (χ0v) is 6.84. The first-order valence-corrected chi connectivity index (χ1v) is 3.59. The van der Waals surface area contributed by atoms with Gasteiger partial charge in [0.2, 0.25) is 5.95 Å². The number of nitriles is 1. The lowest BCUT2D eigenvalue weighted by atomic mass is 10.1. The molecule has 1 N–H and O–H groups in total. The summed E-state index contributed by atoms with van der Waals surface area (Å²) in [4.78, 5) is 2.84. The molecule has 0 unspecified atom stereocenters. The van der Waals surface area contributed by atoms with Crippen LogP contribution in [0.1, 0.15) is 17.7 Å². The number of aromatic hydroxyl groups is 1. The lowest BCUT2D eigenvalue weighted by Gasteiger charge is -2.05. The second-order valence-corrected chi connectivity index (χ2v) is 2.47. The van der Waals surface area contributed by atoms with Gasteiger partial charge in [-0.25, -0.2) is 13.8 Å². The molecular formula is C8H5F3N2O. The van der Waals surface area contributed by atoms with Crippen molar-refractivity contribution in [3.8, 4) is 11.8 Å². The summed E-state index contributed by atoms with van der Waals surface area (Å²) in [5.74, 6) is -1.95. The lowest BCUT2D eigenvalue weighted by Crippen LogP contribution is -1.98. The maximum Gasteiger partial charge on any atom is 0.284 e. The molecule has 1 aromatic heterocycles. The number of nitrogens with zero attached hydrogens (tertiary/aromatic N) is 2. The summed E-state index contributed by atoms with van der Waals surface area (Å²) in [5.41, 5.74) is -1.22. The van der Waals surface area contributed by atoms with Gasteiger partial charge in [-0.3, -0.25) is 0 Å². The predicted octanol–water partition coefficient (Wildman–Crippen LogP) is 1.93. The number of pyridine rings is 1. The smallest absolute Gasteiger partial charge is 0.284 e. The second kappa shape index (κ2) is 3.96. The van der Waals surface area contributed by atoms with Crippen molar-refractivity contribution in [2.75, 3.05) is 0 Å². The summed E-state index contributed by atoms with van der Waals surface area (Å²) in [6.45, 7) is 0. The van der Waals surface area contributed by atoms with Crippen LogP contribution in [0.4, 0.5) is 13.2 Å². The number of rotatable bonds is 2. The third kappa shape index (κ3) is 1.93. The van der Waals surface area contributed by atoms with E-state index < -0.39 is 23.8 Å². The van der Waals surface area contributed by atoms with Gasteiger partial charge in [0, 0.05) is 11.6 Å². The summed E-state index contributed by atoms with van der Waals surface area (Å²) in [6, 6.07) is 2.37. The minimum absolute atomic E-state index is 0.185. The van der Waals surface area contributed by atoms with E-state index in [0.717, 1.165) is 6.07 Å². The number of hydrogen-bond donors (Lipinski definition) is 1. The van der Waals surface area contributed by atoms with Crippen LogP contribution >= 0.6 is 0 Å². The van der Waals surface area contributed by atoms with Gasteiger partial charge in [0.15, 0.2) is 5.69 Å². The van der Waals surface area contributed by atoms with E-state index in [-0.39, 0.29) is 12.0 Å². The molecule has 14 heavy (non-hydrogen) atoms. The highest BCUT2D eigenvalue weighted by atomic mass is 19.3. The maximum atomic E-state index is 12.6. The Bertz CT molecular complexity index is 387. The summed E-state index contributed by atoms with van der Waals surface area (Å²) < 4.78 is 36.9. The summed E-state index contributed by atoms with van der Waals surface area (Å²) in [6.07, 6.45) is -3.41. The molecule has 0 saturated heterocycles. The highest BCUT2D eigenvalue weighted by Gasteiger charge is 2.19. The van der Waals surface area contributed by atoms with E-state index >= 15 is 0 Å². The van der Waals surface area contributed by atoms with E-state index in [9.17, 15) is 13.2 Å². The quantitative estimate of drug-likeness (QED) is 0.745. The van der Waals surface area contributed by atoms with E-state index in [1.165, 1.54) is 0 Å². The van der Waals surface area contributed by atoms with Crippen LogP contribution in [0, 0.1) is 17.3 Å². The molecule has 0 amide bonds. The molecule has 0 atom stereocenters. The molecule has 6 heteroatoms. The topological polar surface area (TPSA) is 56.9 Å². The van der Waals surface area contributed by atoms with Gasteiger partial charge in [-0.05, 0) is 0 Å². The van der Waals surface area contributed by atoms with Crippen molar-refractivity contribution in [1.82, 2.24) is 4.98 Å². The van der Waals surface area contributed by atoms with Crippen LogP contribution in [-0.2, 0) is 6.42 Å². The summed E-state index contributed by atoms with van der Waals surface area (Å²) in [7, 11) is 0. The van der Waals surface area contributed by atoms with Crippen LogP contribution in [0.3, 0.4) is 0 Å². The SMILES string of the molecule is N#CCc1cc(F)nc(C(F)F)c1O. The van der Waals surface area contributed by atoms with Crippen LogP contribution in [-0.4, -0.2) is 10.1 Å². The van der Waals surface area contributed by atoms with Gasteiger partial charge < -0.3 is 5.11 Å². The van der Waals surface area contributed by atoms with E-state index in [4.69, 9.17) is 10.4 Å². The molecule has 0 radical (unpaired) electrons. The average molecular weight is 202 g/mol. The number of alkyl halides is 2. The van der Waals surface area contributed by atoms with Crippen molar-refractivity contribution in [2.24, 2.45) is 0 Å². The number of halogens is 3. The molecule has 74 valence electrons. The minimum atomic E-state index is -3.07.